The number of hydrogen-bond acceptors (Lipinski definition) is 3. The fourth-order valence-electron chi connectivity index (χ4n) is 2.52. The van der Waals surface area contributed by atoms with Gasteiger partial charge in [0.25, 0.3) is 5.91 Å². The van der Waals surface area contributed by atoms with Crippen LogP contribution in [0.4, 0.5) is 0 Å². The van der Waals surface area contributed by atoms with Crippen LogP contribution in [0.2, 0.25) is 0 Å². The number of aromatic nitrogens is 2. The van der Waals surface area contributed by atoms with Crippen molar-refractivity contribution in [2.75, 3.05) is 6.54 Å². The van der Waals surface area contributed by atoms with Crippen LogP contribution in [-0.4, -0.2) is 27.5 Å². The molecule has 1 amide bonds. The molecule has 19 heavy (non-hydrogen) atoms. The van der Waals surface area contributed by atoms with Crippen molar-refractivity contribution in [3.63, 3.8) is 0 Å². The lowest BCUT2D eigenvalue weighted by molar-refractivity contribution is 0.0942. The number of carbonyl (C=O) groups excluding carboxylic acids is 1. The Hall–Kier alpha value is -0.970. The highest BCUT2D eigenvalue weighted by atomic mass is 79.9. The SMILES string of the molecule is Cc1cc(C(=O)NCC2CCCC(Br)C2)c(C)nn1. The molecule has 0 radical (unpaired) electrons. The molecule has 1 saturated carbocycles. The number of nitrogens with one attached hydrogen (secondary N) is 1. The average molecular weight is 326 g/mol. The predicted octanol–water partition coefficient (Wildman–Crippen LogP) is 2.78. The second-order valence-corrected chi connectivity index (χ2v) is 6.62. The van der Waals surface area contributed by atoms with Crippen molar-refractivity contribution < 1.29 is 4.79 Å². The maximum atomic E-state index is 12.2. The Labute approximate surface area is 122 Å². The van der Waals surface area contributed by atoms with Crippen LogP contribution < -0.4 is 5.32 Å². The summed E-state index contributed by atoms with van der Waals surface area (Å²) in [5.41, 5.74) is 2.10. The largest absolute Gasteiger partial charge is 0.352 e. The molecule has 0 saturated heterocycles. The van der Waals surface area contributed by atoms with Gasteiger partial charge >= 0.3 is 0 Å². The Bertz CT molecular complexity index is 464. The van der Waals surface area contributed by atoms with Crippen LogP contribution in [0.25, 0.3) is 0 Å². The predicted molar refractivity (Wildman–Crippen MR) is 78.5 cm³/mol. The molecule has 1 aromatic heterocycles. The minimum absolute atomic E-state index is 0.0350. The normalized spacial score (nSPS) is 23.1. The number of nitrogens with zero attached hydrogens (tertiary/aromatic N) is 2. The topological polar surface area (TPSA) is 54.9 Å². The quantitative estimate of drug-likeness (QED) is 0.869. The molecule has 0 aromatic carbocycles. The molecular formula is C14H20BrN3O. The van der Waals surface area contributed by atoms with Crippen LogP contribution in [0.3, 0.4) is 0 Å². The smallest absolute Gasteiger partial charge is 0.253 e. The number of hydrogen-bond donors (Lipinski definition) is 1. The molecule has 0 aliphatic heterocycles. The van der Waals surface area contributed by atoms with Crippen molar-refractivity contribution in [1.82, 2.24) is 15.5 Å². The summed E-state index contributed by atoms with van der Waals surface area (Å²) in [5, 5.41) is 11.0. The Morgan fingerprint density at radius 3 is 2.95 bits per heavy atom. The first-order valence-corrected chi connectivity index (χ1v) is 7.71. The van der Waals surface area contributed by atoms with Gasteiger partial charge in [-0.15, -0.1) is 0 Å². The standard InChI is InChI=1S/C14H20BrN3O/c1-9-6-13(10(2)18-17-9)14(19)16-8-11-4-3-5-12(15)7-11/h6,11-12H,3-5,7-8H2,1-2H3,(H,16,19). The summed E-state index contributed by atoms with van der Waals surface area (Å²) in [7, 11) is 0. The van der Waals surface area contributed by atoms with E-state index in [1.165, 1.54) is 19.3 Å². The highest BCUT2D eigenvalue weighted by Crippen LogP contribution is 2.28. The molecule has 1 aliphatic rings. The van der Waals surface area contributed by atoms with Gasteiger partial charge in [0.2, 0.25) is 0 Å². The fourth-order valence-corrected chi connectivity index (χ4v) is 3.38. The summed E-state index contributed by atoms with van der Waals surface area (Å²) >= 11 is 3.67. The third-order valence-corrected chi connectivity index (χ3v) is 4.45. The Kier molecular flexibility index (Phi) is 4.91. The van der Waals surface area contributed by atoms with Crippen LogP contribution in [0.15, 0.2) is 6.07 Å². The Balaban J connectivity index is 1.92. The van der Waals surface area contributed by atoms with Crippen LogP contribution in [0, 0.1) is 19.8 Å². The van der Waals surface area contributed by atoms with Crippen LogP contribution >= 0.6 is 15.9 Å². The lowest BCUT2D eigenvalue weighted by Gasteiger charge is -2.25. The first-order valence-electron chi connectivity index (χ1n) is 6.79. The average Bonchev–Trinajstić information content (AvgIpc) is 2.39. The minimum atomic E-state index is -0.0350. The highest BCUT2D eigenvalue weighted by Gasteiger charge is 2.21. The summed E-state index contributed by atoms with van der Waals surface area (Å²) in [6.07, 6.45) is 4.84. The van der Waals surface area contributed by atoms with E-state index in [2.05, 4.69) is 31.4 Å². The van der Waals surface area contributed by atoms with Gasteiger partial charge in [0.05, 0.1) is 17.0 Å². The highest BCUT2D eigenvalue weighted by molar-refractivity contribution is 9.09. The van der Waals surface area contributed by atoms with Crippen molar-refractivity contribution in [2.45, 2.75) is 44.4 Å². The van der Waals surface area contributed by atoms with E-state index < -0.39 is 0 Å². The lowest BCUT2D eigenvalue weighted by Crippen LogP contribution is -2.32. The van der Waals surface area contributed by atoms with Gasteiger partial charge in [-0.05, 0) is 45.1 Å². The molecule has 4 nitrogen and oxygen atoms in total. The lowest BCUT2D eigenvalue weighted by atomic mass is 9.89. The van der Waals surface area contributed by atoms with E-state index in [1.807, 2.05) is 13.8 Å². The molecule has 0 bridgehead atoms. The van der Waals surface area contributed by atoms with Gasteiger partial charge in [0.15, 0.2) is 0 Å². The number of amides is 1. The van der Waals surface area contributed by atoms with Gasteiger partial charge in [-0.2, -0.15) is 10.2 Å². The monoisotopic (exact) mass is 325 g/mol. The zero-order valence-corrected chi connectivity index (χ0v) is 13.0. The number of alkyl halides is 1. The Morgan fingerprint density at radius 1 is 1.42 bits per heavy atom. The van der Waals surface area contributed by atoms with E-state index in [9.17, 15) is 4.79 Å². The molecule has 2 unspecified atom stereocenters. The van der Waals surface area contributed by atoms with Crippen molar-refractivity contribution in [3.05, 3.63) is 23.0 Å². The zero-order valence-electron chi connectivity index (χ0n) is 11.4. The molecule has 1 aromatic rings. The molecule has 1 aliphatic carbocycles. The molecule has 0 spiro atoms. The van der Waals surface area contributed by atoms with Gasteiger partial charge < -0.3 is 5.32 Å². The molecule has 1 N–H and O–H groups in total. The van der Waals surface area contributed by atoms with Gasteiger partial charge in [0.1, 0.15) is 0 Å². The molecule has 2 rings (SSSR count). The number of halogens is 1. The van der Waals surface area contributed by atoms with E-state index in [0.29, 0.717) is 22.0 Å². The summed E-state index contributed by atoms with van der Waals surface area (Å²) in [4.78, 5) is 12.8. The summed E-state index contributed by atoms with van der Waals surface area (Å²) < 4.78 is 0. The third kappa shape index (κ3) is 4.00. The summed E-state index contributed by atoms with van der Waals surface area (Å²) in [6.45, 7) is 4.41. The summed E-state index contributed by atoms with van der Waals surface area (Å²) in [6, 6.07) is 1.80. The van der Waals surface area contributed by atoms with E-state index in [-0.39, 0.29) is 5.91 Å². The van der Waals surface area contributed by atoms with E-state index >= 15 is 0 Å². The molecule has 2 atom stereocenters. The van der Waals surface area contributed by atoms with Gasteiger partial charge in [-0.3, -0.25) is 4.79 Å². The third-order valence-electron chi connectivity index (χ3n) is 3.62. The second kappa shape index (κ2) is 6.46. The van der Waals surface area contributed by atoms with Gasteiger partial charge in [-0.1, -0.05) is 22.4 Å². The van der Waals surface area contributed by atoms with Crippen molar-refractivity contribution >= 4 is 21.8 Å². The van der Waals surface area contributed by atoms with Crippen molar-refractivity contribution in [3.8, 4) is 0 Å². The van der Waals surface area contributed by atoms with Crippen LogP contribution in [0.1, 0.15) is 47.4 Å². The second-order valence-electron chi connectivity index (χ2n) is 5.32. The molecule has 104 valence electrons. The van der Waals surface area contributed by atoms with Crippen molar-refractivity contribution in [1.29, 1.82) is 0 Å². The maximum Gasteiger partial charge on any atom is 0.253 e. The molecule has 1 heterocycles. The number of carbonyl (C=O) groups is 1. The Morgan fingerprint density at radius 2 is 2.21 bits per heavy atom. The maximum absolute atomic E-state index is 12.2. The first-order chi connectivity index (χ1) is 9.06. The molecule has 1 fully saturated rings. The first kappa shape index (κ1) is 14.4. The molecule has 5 heteroatoms. The van der Waals surface area contributed by atoms with Gasteiger partial charge in [0, 0.05) is 11.4 Å². The minimum Gasteiger partial charge on any atom is -0.352 e. The fraction of sp³-hybridized carbons (Fsp3) is 0.643. The summed E-state index contributed by atoms with van der Waals surface area (Å²) in [5.74, 6) is 0.547. The number of rotatable bonds is 3. The zero-order chi connectivity index (χ0) is 13.8. The number of aryl methyl sites for hydroxylation is 2. The van der Waals surface area contributed by atoms with Crippen LogP contribution in [0.5, 0.6) is 0 Å². The molecular weight excluding hydrogens is 306 g/mol. The van der Waals surface area contributed by atoms with Crippen LogP contribution in [-0.2, 0) is 0 Å². The van der Waals surface area contributed by atoms with E-state index in [1.54, 1.807) is 6.07 Å². The van der Waals surface area contributed by atoms with E-state index in [0.717, 1.165) is 18.7 Å². The van der Waals surface area contributed by atoms with Gasteiger partial charge in [-0.25, -0.2) is 0 Å². The van der Waals surface area contributed by atoms with Crippen molar-refractivity contribution in [2.24, 2.45) is 5.92 Å². The van der Waals surface area contributed by atoms with E-state index in [4.69, 9.17) is 0 Å².